The summed E-state index contributed by atoms with van der Waals surface area (Å²) in [5.74, 6) is -1.02. The van der Waals surface area contributed by atoms with Crippen LogP contribution in [0.15, 0.2) is 23.8 Å². The molecule has 3 rings (SSSR count). The van der Waals surface area contributed by atoms with Gasteiger partial charge in [-0.05, 0) is 55.4 Å². The molecule has 0 aromatic carbocycles. The quantitative estimate of drug-likeness (QED) is 0.357. The predicted octanol–water partition coefficient (Wildman–Crippen LogP) is 1.86. The van der Waals surface area contributed by atoms with Gasteiger partial charge in [0.2, 0.25) is 0 Å². The van der Waals surface area contributed by atoms with Crippen molar-refractivity contribution in [2.24, 2.45) is 22.7 Å². The summed E-state index contributed by atoms with van der Waals surface area (Å²) in [6, 6.07) is 0. The molecule has 0 bridgehead atoms. The lowest BCUT2D eigenvalue weighted by Crippen LogP contribution is -2.57. The van der Waals surface area contributed by atoms with Gasteiger partial charge in [0.1, 0.15) is 11.9 Å². The van der Waals surface area contributed by atoms with Crippen molar-refractivity contribution in [2.45, 2.75) is 57.3 Å². The van der Waals surface area contributed by atoms with Gasteiger partial charge >= 0.3 is 5.97 Å². The Morgan fingerprint density at radius 3 is 2.57 bits per heavy atom. The molecule has 1 heterocycles. The molecule has 1 aliphatic heterocycles. The van der Waals surface area contributed by atoms with Crippen LogP contribution in [0.25, 0.3) is 0 Å². The van der Waals surface area contributed by atoms with Crippen LogP contribution in [0.4, 0.5) is 0 Å². The zero-order valence-corrected chi connectivity index (χ0v) is 17.2. The number of rotatable bonds is 5. The number of fused-ring (bicyclic) bond motifs is 1. The molecule has 0 aromatic heterocycles. The van der Waals surface area contributed by atoms with Gasteiger partial charge in [-0.25, -0.2) is 4.79 Å². The minimum absolute atomic E-state index is 0.000465. The Kier molecular flexibility index (Phi) is 5.55. The highest BCUT2D eigenvalue weighted by atomic mass is 32.2. The van der Waals surface area contributed by atoms with Crippen molar-refractivity contribution < 1.29 is 32.7 Å². The first kappa shape index (κ1) is 21.5. The molecule has 3 N–H and O–H groups in total. The maximum atomic E-state index is 12.1. The predicted molar refractivity (Wildman–Crippen MR) is 103 cm³/mol. The summed E-state index contributed by atoms with van der Waals surface area (Å²) >= 11 is 0. The SMILES string of the molecule is C=C1CCC2[C@](C)(CC[C@H](O)[C@]2(C)CO)C1CC(C1=CCOC1=O)S(=O)(=O)O. The fraction of sp³-hybridized carbons (Fsp3) is 0.750. The number of hydrogen-bond donors (Lipinski definition) is 3. The average Bonchev–Trinajstić information content (AvgIpc) is 3.02. The zero-order chi connectivity index (χ0) is 20.9. The van der Waals surface area contributed by atoms with E-state index in [0.717, 1.165) is 12.0 Å². The number of aliphatic hydroxyl groups is 2. The topological polar surface area (TPSA) is 121 Å². The summed E-state index contributed by atoms with van der Waals surface area (Å²) in [5, 5.41) is 19.3. The molecular weight excluding hydrogens is 384 g/mol. The van der Waals surface area contributed by atoms with Gasteiger partial charge in [0, 0.05) is 5.41 Å². The van der Waals surface area contributed by atoms with E-state index in [2.05, 4.69) is 13.5 Å². The molecule has 0 radical (unpaired) electrons. The van der Waals surface area contributed by atoms with Crippen LogP contribution < -0.4 is 0 Å². The Labute approximate surface area is 166 Å². The maximum Gasteiger partial charge on any atom is 0.335 e. The van der Waals surface area contributed by atoms with Crippen molar-refractivity contribution in [3.8, 4) is 0 Å². The molecule has 0 amide bonds. The normalized spacial score (nSPS) is 39.9. The number of aliphatic hydroxyl groups excluding tert-OH is 2. The maximum absolute atomic E-state index is 12.1. The molecule has 28 heavy (non-hydrogen) atoms. The number of cyclic esters (lactones) is 1. The fourth-order valence-electron chi connectivity index (χ4n) is 5.90. The van der Waals surface area contributed by atoms with E-state index in [1.54, 1.807) is 0 Å². The van der Waals surface area contributed by atoms with Crippen molar-refractivity contribution in [3.63, 3.8) is 0 Å². The Hall–Kier alpha value is -1.22. The summed E-state index contributed by atoms with van der Waals surface area (Å²) in [4.78, 5) is 12.0. The smallest absolute Gasteiger partial charge is 0.335 e. The average molecular weight is 415 g/mol. The van der Waals surface area contributed by atoms with Crippen LogP contribution in [-0.4, -0.2) is 53.7 Å². The molecule has 7 nitrogen and oxygen atoms in total. The van der Waals surface area contributed by atoms with E-state index in [4.69, 9.17) is 4.74 Å². The van der Waals surface area contributed by atoms with Crippen LogP contribution in [0.2, 0.25) is 0 Å². The number of carbonyl (C=O) groups is 1. The van der Waals surface area contributed by atoms with Gasteiger partial charge in [-0.1, -0.05) is 26.0 Å². The molecule has 2 aliphatic carbocycles. The Balaban J connectivity index is 1.99. The standard InChI is InChI=1S/C20H30O7S/c1-12-4-5-16-19(2,8-6-17(22)20(16,3)11-21)14(12)10-15(28(24,25)26)13-7-9-27-18(13)23/h7,14-17,21-22H,1,4-6,8-11H2,2-3H3,(H,24,25,26)/t14?,15?,16?,17-,19+,20+/m0/s1. The summed E-state index contributed by atoms with van der Waals surface area (Å²) in [5.41, 5.74) is -0.235. The molecule has 6 atom stereocenters. The summed E-state index contributed by atoms with van der Waals surface area (Å²) in [6.07, 6.45) is 3.36. The van der Waals surface area contributed by atoms with E-state index in [9.17, 15) is 28.0 Å². The van der Waals surface area contributed by atoms with Crippen molar-refractivity contribution >= 4 is 16.1 Å². The third-order valence-electron chi connectivity index (χ3n) is 7.60. The number of ether oxygens (including phenoxy) is 1. The van der Waals surface area contributed by atoms with Gasteiger partial charge in [-0.3, -0.25) is 4.55 Å². The minimum Gasteiger partial charge on any atom is -0.458 e. The second kappa shape index (κ2) is 7.23. The number of carbonyl (C=O) groups excluding carboxylic acids is 1. The van der Waals surface area contributed by atoms with Gasteiger partial charge in [0.25, 0.3) is 10.1 Å². The lowest BCUT2D eigenvalue weighted by Gasteiger charge is -2.60. The van der Waals surface area contributed by atoms with Crippen LogP contribution in [0, 0.1) is 22.7 Å². The van der Waals surface area contributed by atoms with Gasteiger partial charge < -0.3 is 14.9 Å². The summed E-state index contributed by atoms with van der Waals surface area (Å²) in [6.45, 7) is 7.94. The highest BCUT2D eigenvalue weighted by Gasteiger charge is 2.58. The Morgan fingerprint density at radius 1 is 1.36 bits per heavy atom. The summed E-state index contributed by atoms with van der Waals surface area (Å²) < 4.78 is 39.0. The molecule has 2 saturated carbocycles. The molecule has 0 saturated heterocycles. The van der Waals surface area contributed by atoms with Crippen molar-refractivity contribution in [1.82, 2.24) is 0 Å². The highest BCUT2D eigenvalue weighted by molar-refractivity contribution is 7.86. The van der Waals surface area contributed by atoms with E-state index < -0.39 is 38.3 Å². The van der Waals surface area contributed by atoms with Gasteiger partial charge in [0.05, 0.1) is 18.3 Å². The lowest BCUT2D eigenvalue weighted by atomic mass is 9.46. The summed E-state index contributed by atoms with van der Waals surface area (Å²) in [7, 11) is -4.52. The molecule has 158 valence electrons. The van der Waals surface area contributed by atoms with Gasteiger partial charge in [-0.2, -0.15) is 8.42 Å². The van der Waals surface area contributed by atoms with E-state index in [1.807, 2.05) is 6.92 Å². The first-order valence-electron chi connectivity index (χ1n) is 9.75. The molecule has 8 heteroatoms. The highest BCUT2D eigenvalue weighted by Crippen LogP contribution is 2.62. The zero-order valence-electron chi connectivity index (χ0n) is 16.4. The van der Waals surface area contributed by atoms with Gasteiger partial charge in [0.15, 0.2) is 0 Å². The van der Waals surface area contributed by atoms with E-state index in [1.165, 1.54) is 6.08 Å². The van der Waals surface area contributed by atoms with Gasteiger partial charge in [-0.15, -0.1) is 0 Å². The number of allylic oxidation sites excluding steroid dienone is 1. The molecule has 3 aliphatic rings. The second-order valence-electron chi connectivity index (χ2n) is 9.02. The Morgan fingerprint density at radius 2 is 2.04 bits per heavy atom. The number of esters is 1. The fourth-order valence-corrected chi connectivity index (χ4v) is 6.84. The van der Waals surface area contributed by atoms with Crippen LogP contribution >= 0.6 is 0 Å². The van der Waals surface area contributed by atoms with E-state index >= 15 is 0 Å². The van der Waals surface area contributed by atoms with Crippen LogP contribution in [-0.2, 0) is 19.6 Å². The molecule has 3 unspecified atom stereocenters. The molecular formula is C20H30O7S. The lowest BCUT2D eigenvalue weighted by molar-refractivity contribution is -0.152. The molecule has 0 aromatic rings. The van der Waals surface area contributed by atoms with Crippen LogP contribution in [0.5, 0.6) is 0 Å². The third kappa shape index (κ3) is 3.34. The molecule has 2 fully saturated rings. The Bertz CT molecular complexity index is 801. The minimum atomic E-state index is -4.52. The van der Waals surface area contributed by atoms with E-state index in [-0.39, 0.29) is 37.0 Å². The monoisotopic (exact) mass is 414 g/mol. The van der Waals surface area contributed by atoms with Crippen LogP contribution in [0.3, 0.4) is 0 Å². The molecule has 0 spiro atoms. The van der Waals surface area contributed by atoms with Crippen LogP contribution in [0.1, 0.15) is 46.0 Å². The van der Waals surface area contributed by atoms with E-state index in [0.29, 0.717) is 19.3 Å². The second-order valence-corrected chi connectivity index (χ2v) is 10.6. The van der Waals surface area contributed by atoms with Crippen molar-refractivity contribution in [1.29, 1.82) is 0 Å². The third-order valence-corrected chi connectivity index (χ3v) is 8.77. The van der Waals surface area contributed by atoms with Crippen molar-refractivity contribution in [2.75, 3.05) is 13.2 Å². The first-order valence-corrected chi connectivity index (χ1v) is 11.3. The van der Waals surface area contributed by atoms with Crippen molar-refractivity contribution in [3.05, 3.63) is 23.8 Å². The first-order chi connectivity index (χ1) is 12.9. The largest absolute Gasteiger partial charge is 0.458 e. The number of hydrogen-bond acceptors (Lipinski definition) is 6.